The third-order valence-electron chi connectivity index (χ3n) is 17.3. The fourth-order valence-electron chi connectivity index (χ4n) is 11.4. The molecule has 0 radical (unpaired) electrons. The van der Waals surface area contributed by atoms with Gasteiger partial charge in [0.05, 0.1) is 26.4 Å². The van der Waals surface area contributed by atoms with Crippen molar-refractivity contribution in [2.75, 3.05) is 39.6 Å². The van der Waals surface area contributed by atoms with Crippen molar-refractivity contribution >= 4 is 39.5 Å². The van der Waals surface area contributed by atoms with Gasteiger partial charge in [-0.3, -0.25) is 37.3 Å². The predicted octanol–water partition coefficient (Wildman–Crippen LogP) is 21.7. The van der Waals surface area contributed by atoms with Crippen LogP contribution in [0.25, 0.3) is 0 Å². The molecular formula is C74H144O17P2. The first kappa shape index (κ1) is 91.1. The van der Waals surface area contributed by atoms with Gasteiger partial charge in [0, 0.05) is 25.7 Å². The number of carbonyl (C=O) groups is 4. The Morgan fingerprint density at radius 1 is 0.290 bits per heavy atom. The number of unbranched alkanes of at least 4 members (excludes halogenated alkanes) is 46. The number of aliphatic hydroxyl groups excluding tert-OH is 1. The summed E-state index contributed by atoms with van der Waals surface area (Å²) in [6.45, 7) is 7.24. The van der Waals surface area contributed by atoms with Crippen LogP contribution in [0.5, 0.6) is 0 Å². The van der Waals surface area contributed by atoms with E-state index in [-0.39, 0.29) is 25.7 Å². The molecule has 0 aromatic rings. The molecule has 0 saturated heterocycles. The number of rotatable bonds is 74. The van der Waals surface area contributed by atoms with E-state index in [9.17, 15) is 43.2 Å². The highest BCUT2D eigenvalue weighted by molar-refractivity contribution is 7.47. The summed E-state index contributed by atoms with van der Waals surface area (Å²) in [6, 6.07) is 0. The zero-order valence-electron chi connectivity index (χ0n) is 60.4. The number of carbonyl (C=O) groups excluding carboxylic acids is 4. The minimum absolute atomic E-state index is 0.107. The van der Waals surface area contributed by atoms with Crippen molar-refractivity contribution < 1.29 is 80.2 Å². The molecule has 552 valence electrons. The number of hydrogen-bond donors (Lipinski definition) is 3. The number of ether oxygens (including phenoxy) is 4. The van der Waals surface area contributed by atoms with Crippen molar-refractivity contribution in [1.82, 2.24) is 0 Å². The minimum Gasteiger partial charge on any atom is -0.462 e. The standard InChI is InChI=1S/C74H144O17P2/c1-6-9-12-15-18-21-24-25-26-27-28-29-30-31-32-33-34-39-45-50-55-60-74(79)91-70(64-85-72(77)58-53-48-43-40-35-36-41-46-51-56-67(4)5)66-89-93(82,83)87-62-68(75)61-86-92(80,81)88-65-69(90-73(78)59-54-49-44-38-23-20-17-14-11-8-3)63-84-71(76)57-52-47-42-37-22-19-16-13-10-7-2/h67-70,75H,6-66H2,1-5H3,(H,80,81)(H,82,83)/t68-,69+,70+/m0/s1. The molecule has 0 saturated carbocycles. The zero-order valence-corrected chi connectivity index (χ0v) is 62.2. The number of phosphoric ester groups is 2. The lowest BCUT2D eigenvalue weighted by Crippen LogP contribution is -2.30. The van der Waals surface area contributed by atoms with Crippen LogP contribution in [-0.4, -0.2) is 96.7 Å². The summed E-state index contributed by atoms with van der Waals surface area (Å²) >= 11 is 0. The lowest BCUT2D eigenvalue weighted by atomic mass is 10.0. The van der Waals surface area contributed by atoms with E-state index >= 15 is 0 Å². The van der Waals surface area contributed by atoms with Crippen LogP contribution in [0, 0.1) is 5.92 Å². The van der Waals surface area contributed by atoms with Crippen LogP contribution in [-0.2, 0) is 65.4 Å². The second-order valence-electron chi connectivity index (χ2n) is 27.2. The Kier molecular flexibility index (Phi) is 65.9. The average Bonchev–Trinajstić information content (AvgIpc) is 2.50. The quantitative estimate of drug-likeness (QED) is 0.0222. The maximum absolute atomic E-state index is 13.1. The Labute approximate surface area is 568 Å². The number of esters is 4. The van der Waals surface area contributed by atoms with Crippen molar-refractivity contribution in [2.45, 2.75) is 406 Å². The van der Waals surface area contributed by atoms with Gasteiger partial charge >= 0.3 is 39.5 Å². The molecule has 3 N–H and O–H groups in total. The Hall–Kier alpha value is -1.94. The highest BCUT2D eigenvalue weighted by Crippen LogP contribution is 2.45. The molecule has 5 atom stereocenters. The van der Waals surface area contributed by atoms with Gasteiger partial charge in [0.25, 0.3) is 0 Å². The largest absolute Gasteiger partial charge is 0.472 e. The molecule has 93 heavy (non-hydrogen) atoms. The molecule has 0 fully saturated rings. The van der Waals surface area contributed by atoms with Crippen LogP contribution in [0.15, 0.2) is 0 Å². The van der Waals surface area contributed by atoms with Crippen molar-refractivity contribution in [2.24, 2.45) is 5.92 Å². The van der Waals surface area contributed by atoms with E-state index in [1.165, 1.54) is 212 Å². The van der Waals surface area contributed by atoms with Gasteiger partial charge in [0.1, 0.15) is 19.3 Å². The molecule has 0 aliphatic carbocycles. The maximum atomic E-state index is 13.1. The molecule has 0 bridgehead atoms. The normalized spacial score (nSPS) is 14.0. The molecule has 0 aliphatic rings. The Morgan fingerprint density at radius 2 is 0.495 bits per heavy atom. The molecule has 0 rings (SSSR count). The predicted molar refractivity (Wildman–Crippen MR) is 377 cm³/mol. The summed E-state index contributed by atoms with van der Waals surface area (Å²) < 4.78 is 68.4. The molecule has 17 nitrogen and oxygen atoms in total. The summed E-state index contributed by atoms with van der Waals surface area (Å²) in [5.41, 5.74) is 0. The molecule has 0 heterocycles. The van der Waals surface area contributed by atoms with E-state index < -0.39 is 97.5 Å². The van der Waals surface area contributed by atoms with Crippen LogP contribution in [0.4, 0.5) is 0 Å². The lowest BCUT2D eigenvalue weighted by Gasteiger charge is -2.21. The average molecular weight is 1370 g/mol. The molecule has 0 amide bonds. The van der Waals surface area contributed by atoms with Crippen LogP contribution in [0.3, 0.4) is 0 Å². The maximum Gasteiger partial charge on any atom is 0.472 e. The van der Waals surface area contributed by atoms with E-state index in [0.717, 1.165) is 95.8 Å². The lowest BCUT2D eigenvalue weighted by molar-refractivity contribution is -0.161. The summed E-state index contributed by atoms with van der Waals surface area (Å²) in [5.74, 6) is -1.38. The topological polar surface area (TPSA) is 237 Å². The number of aliphatic hydroxyl groups is 1. The van der Waals surface area contributed by atoms with E-state index in [1.807, 2.05) is 0 Å². The third-order valence-corrected chi connectivity index (χ3v) is 19.2. The first-order chi connectivity index (χ1) is 45.0. The van der Waals surface area contributed by atoms with Gasteiger partial charge in [-0.25, -0.2) is 9.13 Å². The summed E-state index contributed by atoms with van der Waals surface area (Å²) in [6.07, 6.45) is 55.6. The monoisotopic (exact) mass is 1370 g/mol. The van der Waals surface area contributed by atoms with Crippen molar-refractivity contribution in [1.29, 1.82) is 0 Å². The van der Waals surface area contributed by atoms with Gasteiger partial charge < -0.3 is 33.8 Å². The van der Waals surface area contributed by atoms with Crippen molar-refractivity contribution in [3.63, 3.8) is 0 Å². The Bertz CT molecular complexity index is 1790. The summed E-state index contributed by atoms with van der Waals surface area (Å²) in [5, 5.41) is 10.6. The minimum atomic E-state index is -4.95. The zero-order chi connectivity index (χ0) is 68.4. The molecule has 0 aromatic carbocycles. The van der Waals surface area contributed by atoms with Gasteiger partial charge in [-0.15, -0.1) is 0 Å². The van der Waals surface area contributed by atoms with Crippen LogP contribution in [0.2, 0.25) is 0 Å². The van der Waals surface area contributed by atoms with E-state index in [4.69, 9.17) is 37.0 Å². The number of hydrogen-bond acceptors (Lipinski definition) is 15. The second kappa shape index (κ2) is 67.3. The highest BCUT2D eigenvalue weighted by Gasteiger charge is 2.30. The molecule has 2 unspecified atom stereocenters. The van der Waals surface area contributed by atoms with E-state index in [1.54, 1.807) is 0 Å². The Balaban J connectivity index is 5.17. The first-order valence-corrected chi connectivity index (χ1v) is 41.6. The van der Waals surface area contributed by atoms with Gasteiger partial charge in [-0.2, -0.15) is 0 Å². The van der Waals surface area contributed by atoms with E-state index in [2.05, 4.69) is 34.6 Å². The van der Waals surface area contributed by atoms with Gasteiger partial charge in [0.15, 0.2) is 12.2 Å². The fraction of sp³-hybridized carbons (Fsp3) is 0.946. The summed E-state index contributed by atoms with van der Waals surface area (Å²) in [7, 11) is -9.90. The molecule has 19 heteroatoms. The van der Waals surface area contributed by atoms with Gasteiger partial charge in [0.2, 0.25) is 0 Å². The molecular weight excluding hydrogens is 1220 g/mol. The first-order valence-electron chi connectivity index (χ1n) is 38.6. The van der Waals surface area contributed by atoms with Gasteiger partial charge in [-0.05, 0) is 31.6 Å². The van der Waals surface area contributed by atoms with Gasteiger partial charge in [-0.1, -0.05) is 336 Å². The fourth-order valence-corrected chi connectivity index (χ4v) is 12.9. The van der Waals surface area contributed by atoms with Crippen molar-refractivity contribution in [3.05, 3.63) is 0 Å². The second-order valence-corrected chi connectivity index (χ2v) is 30.1. The SMILES string of the molecule is CCCCCCCCCCCCCCCCCCCCCCCC(=O)O[C@H](COC(=O)CCCCCCCCCCCC(C)C)COP(=O)(O)OC[C@@H](O)COP(=O)(O)OC[C@@H](COC(=O)CCCCCCCCCCCC)OC(=O)CCCCCCCCCCCC. The van der Waals surface area contributed by atoms with Crippen LogP contribution < -0.4 is 0 Å². The third kappa shape index (κ3) is 68.4. The molecule has 0 aliphatic heterocycles. The van der Waals surface area contributed by atoms with Crippen LogP contribution in [0.1, 0.15) is 388 Å². The smallest absolute Gasteiger partial charge is 0.462 e. The number of phosphoric acid groups is 2. The Morgan fingerprint density at radius 3 is 0.731 bits per heavy atom. The molecule has 0 aromatic heterocycles. The highest BCUT2D eigenvalue weighted by atomic mass is 31.2. The van der Waals surface area contributed by atoms with Crippen molar-refractivity contribution in [3.8, 4) is 0 Å². The van der Waals surface area contributed by atoms with Crippen LogP contribution >= 0.6 is 15.6 Å². The van der Waals surface area contributed by atoms with E-state index in [0.29, 0.717) is 25.7 Å². The summed E-state index contributed by atoms with van der Waals surface area (Å²) in [4.78, 5) is 72.6. The molecule has 0 spiro atoms.